The molecule has 0 aliphatic carbocycles. The first-order valence-electron chi connectivity index (χ1n) is 9.35. The zero-order valence-electron chi connectivity index (χ0n) is 17.0. The number of hydrogen-bond donors (Lipinski definition) is 1. The first-order valence-corrected chi connectivity index (χ1v) is 9.35. The van der Waals surface area contributed by atoms with Gasteiger partial charge in [-0.15, -0.1) is 0 Å². The number of carbonyl (C=O) groups excluding carboxylic acids is 1. The van der Waals surface area contributed by atoms with Crippen LogP contribution in [0, 0.1) is 0 Å². The van der Waals surface area contributed by atoms with E-state index < -0.39 is 5.60 Å². The Morgan fingerprint density at radius 1 is 1.21 bits per heavy atom. The second-order valence-corrected chi connectivity index (χ2v) is 7.31. The second kappa shape index (κ2) is 8.17. The average molecular weight is 380 g/mol. The van der Waals surface area contributed by atoms with Gasteiger partial charge in [0.25, 0.3) is 0 Å². The summed E-state index contributed by atoms with van der Waals surface area (Å²) < 4.78 is 10.7. The van der Waals surface area contributed by atoms with Crippen molar-refractivity contribution in [1.29, 1.82) is 0 Å². The summed E-state index contributed by atoms with van der Waals surface area (Å²) in [6, 6.07) is 14.4. The van der Waals surface area contributed by atoms with Gasteiger partial charge in [0, 0.05) is 39.9 Å². The lowest BCUT2D eigenvalue weighted by Crippen LogP contribution is -2.31. The van der Waals surface area contributed by atoms with Crippen LogP contribution in [0.2, 0.25) is 0 Å². The van der Waals surface area contributed by atoms with Gasteiger partial charge < -0.3 is 19.7 Å². The van der Waals surface area contributed by atoms with E-state index in [0.29, 0.717) is 13.0 Å². The molecule has 1 aliphatic heterocycles. The van der Waals surface area contributed by atoms with Crippen LogP contribution in [0.25, 0.3) is 17.2 Å². The van der Waals surface area contributed by atoms with Gasteiger partial charge in [0.2, 0.25) is 0 Å². The minimum atomic E-state index is -0.534. The summed E-state index contributed by atoms with van der Waals surface area (Å²) in [7, 11) is 7.14. The highest BCUT2D eigenvalue weighted by atomic mass is 16.5. The summed E-state index contributed by atoms with van der Waals surface area (Å²) >= 11 is 0. The molecule has 1 N–H and O–H groups in total. The fraction of sp³-hybridized carbons (Fsp3) is 0.348. The maximum absolute atomic E-state index is 11.9. The smallest absolute Gasteiger partial charge is 0.322 e. The standard InChI is InChI=1S/C23H28N2O3/c1-6-16-13-19(25(2)3)11-12-20(16)17-7-9-18(10-8-17)23(28-5)14-21(24-15-23)22(26)27-4/h6-13,21,24H,1,14-15H2,2-5H3. The molecule has 1 saturated heterocycles. The zero-order chi connectivity index (χ0) is 20.3. The number of nitrogens with zero attached hydrogens (tertiary/aromatic N) is 1. The van der Waals surface area contributed by atoms with E-state index in [1.807, 2.05) is 20.2 Å². The largest absolute Gasteiger partial charge is 0.468 e. The third kappa shape index (κ3) is 3.68. The summed E-state index contributed by atoms with van der Waals surface area (Å²) in [5.41, 5.74) is 4.99. The predicted molar refractivity (Wildman–Crippen MR) is 113 cm³/mol. The number of nitrogens with one attached hydrogen (secondary N) is 1. The molecule has 1 aliphatic rings. The molecular weight excluding hydrogens is 352 g/mol. The molecule has 3 rings (SSSR count). The molecule has 2 atom stereocenters. The fourth-order valence-corrected chi connectivity index (χ4v) is 3.78. The van der Waals surface area contributed by atoms with E-state index in [1.165, 1.54) is 7.11 Å². The van der Waals surface area contributed by atoms with Crippen LogP contribution in [-0.4, -0.2) is 46.9 Å². The number of carbonyl (C=O) groups is 1. The number of methoxy groups -OCH3 is 2. The predicted octanol–water partition coefficient (Wildman–Crippen LogP) is 3.44. The lowest BCUT2D eigenvalue weighted by Gasteiger charge is -2.27. The third-order valence-electron chi connectivity index (χ3n) is 5.54. The van der Waals surface area contributed by atoms with Gasteiger partial charge in [0.15, 0.2) is 0 Å². The van der Waals surface area contributed by atoms with Crippen molar-refractivity contribution in [1.82, 2.24) is 5.32 Å². The van der Waals surface area contributed by atoms with Gasteiger partial charge in [-0.3, -0.25) is 4.79 Å². The summed E-state index contributed by atoms with van der Waals surface area (Å²) in [6.45, 7) is 4.53. The van der Waals surface area contributed by atoms with E-state index in [4.69, 9.17) is 9.47 Å². The van der Waals surface area contributed by atoms with E-state index in [-0.39, 0.29) is 12.0 Å². The van der Waals surface area contributed by atoms with E-state index >= 15 is 0 Å². The van der Waals surface area contributed by atoms with Crippen molar-refractivity contribution in [3.05, 3.63) is 60.2 Å². The average Bonchev–Trinajstić information content (AvgIpc) is 3.18. The molecule has 5 nitrogen and oxygen atoms in total. The molecule has 5 heteroatoms. The van der Waals surface area contributed by atoms with Crippen LogP contribution in [0.5, 0.6) is 0 Å². The normalized spacial score (nSPS) is 21.4. The molecule has 2 unspecified atom stereocenters. The van der Waals surface area contributed by atoms with Crippen molar-refractivity contribution in [2.75, 3.05) is 39.8 Å². The number of esters is 1. The lowest BCUT2D eigenvalue weighted by molar-refractivity contribution is -0.143. The van der Waals surface area contributed by atoms with Crippen molar-refractivity contribution in [2.24, 2.45) is 0 Å². The molecule has 0 radical (unpaired) electrons. The minimum Gasteiger partial charge on any atom is -0.468 e. The SMILES string of the molecule is C=Cc1cc(N(C)C)ccc1-c1ccc(C2(OC)CNC(C(=O)OC)C2)cc1. The quantitative estimate of drug-likeness (QED) is 0.778. The molecular formula is C23H28N2O3. The van der Waals surface area contributed by atoms with Gasteiger partial charge >= 0.3 is 5.97 Å². The fourth-order valence-electron chi connectivity index (χ4n) is 3.78. The Balaban J connectivity index is 1.90. The Hall–Kier alpha value is -2.63. The van der Waals surface area contributed by atoms with Crippen LogP contribution in [0.15, 0.2) is 49.0 Å². The van der Waals surface area contributed by atoms with Crippen LogP contribution < -0.4 is 10.2 Å². The first-order chi connectivity index (χ1) is 13.4. The molecule has 2 aromatic carbocycles. The number of rotatable bonds is 6. The molecule has 0 saturated carbocycles. The number of ether oxygens (including phenoxy) is 2. The van der Waals surface area contributed by atoms with Crippen LogP contribution in [0.1, 0.15) is 17.5 Å². The van der Waals surface area contributed by atoms with Gasteiger partial charge in [-0.25, -0.2) is 0 Å². The maximum Gasteiger partial charge on any atom is 0.322 e. The van der Waals surface area contributed by atoms with E-state index in [0.717, 1.165) is 27.9 Å². The highest BCUT2D eigenvalue weighted by Gasteiger charge is 2.43. The highest BCUT2D eigenvalue weighted by molar-refractivity contribution is 5.78. The monoisotopic (exact) mass is 380 g/mol. The third-order valence-corrected chi connectivity index (χ3v) is 5.54. The summed E-state index contributed by atoms with van der Waals surface area (Å²) in [5, 5.41) is 3.21. The maximum atomic E-state index is 11.9. The first kappa shape index (κ1) is 20.1. The number of benzene rings is 2. The Kier molecular flexibility index (Phi) is 5.87. The van der Waals surface area contributed by atoms with E-state index in [2.05, 4.69) is 59.3 Å². The Morgan fingerprint density at radius 3 is 2.50 bits per heavy atom. The van der Waals surface area contributed by atoms with E-state index in [1.54, 1.807) is 7.11 Å². The van der Waals surface area contributed by atoms with Crippen molar-refractivity contribution in [3.8, 4) is 11.1 Å². The van der Waals surface area contributed by atoms with Crippen molar-refractivity contribution in [3.63, 3.8) is 0 Å². The molecule has 0 amide bonds. The van der Waals surface area contributed by atoms with Crippen molar-refractivity contribution < 1.29 is 14.3 Å². The molecule has 0 spiro atoms. The number of anilines is 1. The molecule has 1 fully saturated rings. The molecule has 0 bridgehead atoms. The molecule has 0 aromatic heterocycles. The Labute approximate surface area is 167 Å². The van der Waals surface area contributed by atoms with Gasteiger partial charge in [0.05, 0.1) is 7.11 Å². The van der Waals surface area contributed by atoms with Crippen LogP contribution in [0.3, 0.4) is 0 Å². The van der Waals surface area contributed by atoms with Gasteiger partial charge in [-0.05, 0) is 34.4 Å². The Morgan fingerprint density at radius 2 is 1.93 bits per heavy atom. The summed E-state index contributed by atoms with van der Waals surface area (Å²) in [6.07, 6.45) is 2.43. The highest BCUT2D eigenvalue weighted by Crippen LogP contribution is 2.36. The number of hydrogen-bond acceptors (Lipinski definition) is 5. The molecule has 1 heterocycles. The van der Waals surface area contributed by atoms with Gasteiger partial charge in [-0.2, -0.15) is 0 Å². The lowest BCUT2D eigenvalue weighted by atomic mass is 9.89. The van der Waals surface area contributed by atoms with Crippen LogP contribution in [-0.2, 0) is 19.9 Å². The van der Waals surface area contributed by atoms with Crippen LogP contribution in [0.4, 0.5) is 5.69 Å². The summed E-state index contributed by atoms with van der Waals surface area (Å²) in [4.78, 5) is 14.0. The summed E-state index contributed by atoms with van der Waals surface area (Å²) in [5.74, 6) is -0.257. The van der Waals surface area contributed by atoms with Crippen molar-refractivity contribution in [2.45, 2.75) is 18.1 Å². The zero-order valence-corrected chi connectivity index (χ0v) is 17.0. The molecule has 2 aromatic rings. The van der Waals surface area contributed by atoms with Gasteiger partial charge in [0.1, 0.15) is 11.6 Å². The van der Waals surface area contributed by atoms with Crippen LogP contribution >= 0.6 is 0 Å². The van der Waals surface area contributed by atoms with Gasteiger partial charge in [-0.1, -0.05) is 43.0 Å². The topological polar surface area (TPSA) is 50.8 Å². The van der Waals surface area contributed by atoms with E-state index in [9.17, 15) is 4.79 Å². The minimum absolute atomic E-state index is 0.257. The molecule has 28 heavy (non-hydrogen) atoms. The second-order valence-electron chi connectivity index (χ2n) is 7.31. The van der Waals surface area contributed by atoms with Crippen molar-refractivity contribution >= 4 is 17.7 Å². The molecule has 148 valence electrons. The Bertz CT molecular complexity index is 861.